The lowest BCUT2D eigenvalue weighted by Gasteiger charge is -2.07. The third-order valence-electron chi connectivity index (χ3n) is 2.81. The first-order valence-corrected chi connectivity index (χ1v) is 6.45. The van der Waals surface area contributed by atoms with Gasteiger partial charge in [0.2, 0.25) is 0 Å². The van der Waals surface area contributed by atoms with Crippen molar-refractivity contribution < 1.29 is 9.90 Å². The quantitative estimate of drug-likeness (QED) is 0.769. The van der Waals surface area contributed by atoms with Crippen LogP contribution in [0.15, 0.2) is 24.8 Å². The molecule has 0 aliphatic carbocycles. The van der Waals surface area contributed by atoms with E-state index < -0.39 is 0 Å². The van der Waals surface area contributed by atoms with Crippen molar-refractivity contribution in [3.8, 4) is 11.8 Å². The second kappa shape index (κ2) is 7.17. The van der Waals surface area contributed by atoms with Gasteiger partial charge in [-0.15, -0.1) is 10.2 Å². The van der Waals surface area contributed by atoms with Crippen LogP contribution in [0, 0.1) is 11.8 Å². The summed E-state index contributed by atoms with van der Waals surface area (Å²) in [6.45, 7) is 2.72. The summed E-state index contributed by atoms with van der Waals surface area (Å²) < 4.78 is 1.85. The van der Waals surface area contributed by atoms with E-state index in [2.05, 4.69) is 32.3 Å². The fourth-order valence-corrected chi connectivity index (χ4v) is 1.76. The van der Waals surface area contributed by atoms with Crippen molar-refractivity contribution in [2.45, 2.75) is 20.0 Å². The maximum atomic E-state index is 12.2. The Hall–Kier alpha value is -2.72. The molecule has 7 nitrogen and oxygen atoms in total. The minimum Gasteiger partial charge on any atom is -0.384 e. The van der Waals surface area contributed by atoms with Crippen LogP contribution in [0.1, 0.15) is 28.7 Å². The molecule has 0 atom stereocenters. The number of aliphatic hydroxyl groups is 1. The zero-order valence-corrected chi connectivity index (χ0v) is 11.6. The van der Waals surface area contributed by atoms with Crippen LogP contribution in [0.2, 0.25) is 0 Å². The lowest BCUT2D eigenvalue weighted by atomic mass is 10.1. The molecule has 2 rings (SSSR count). The maximum absolute atomic E-state index is 12.2. The van der Waals surface area contributed by atoms with Crippen molar-refractivity contribution >= 4 is 5.91 Å². The van der Waals surface area contributed by atoms with Crippen molar-refractivity contribution in [2.24, 2.45) is 0 Å². The molecule has 0 aromatic carbocycles. The topological polar surface area (TPSA) is 92.9 Å². The number of pyridine rings is 1. The predicted octanol–water partition coefficient (Wildman–Crippen LogP) is -0.0332. The molecule has 2 heterocycles. The van der Waals surface area contributed by atoms with Crippen LogP contribution in [0.25, 0.3) is 0 Å². The Morgan fingerprint density at radius 2 is 2.38 bits per heavy atom. The number of aliphatic hydroxyl groups excluding tert-OH is 1. The Balaban J connectivity index is 2.10. The van der Waals surface area contributed by atoms with Gasteiger partial charge in [0.25, 0.3) is 5.91 Å². The smallest absolute Gasteiger partial charge is 0.253 e. The van der Waals surface area contributed by atoms with Gasteiger partial charge in [0, 0.05) is 18.9 Å². The first kappa shape index (κ1) is 14.7. The number of nitrogens with zero attached hydrogens (tertiary/aromatic N) is 4. The Bertz CT molecular complexity index is 684. The second-order valence-electron chi connectivity index (χ2n) is 4.10. The number of aromatic nitrogens is 4. The van der Waals surface area contributed by atoms with E-state index in [1.807, 2.05) is 11.5 Å². The highest BCUT2D eigenvalue weighted by Gasteiger charge is 2.11. The first-order valence-electron chi connectivity index (χ1n) is 6.45. The number of hydrogen-bond acceptors (Lipinski definition) is 5. The van der Waals surface area contributed by atoms with Gasteiger partial charge in [-0.3, -0.25) is 9.78 Å². The molecule has 108 valence electrons. The molecule has 2 aromatic rings. The summed E-state index contributed by atoms with van der Waals surface area (Å²) in [5.74, 6) is 5.62. The first-order chi connectivity index (χ1) is 10.3. The lowest BCUT2D eigenvalue weighted by molar-refractivity contribution is 0.0949. The molecule has 21 heavy (non-hydrogen) atoms. The normalized spacial score (nSPS) is 9.81. The molecule has 2 aromatic heterocycles. The average Bonchev–Trinajstić information content (AvgIpc) is 2.98. The largest absolute Gasteiger partial charge is 0.384 e. The minimum atomic E-state index is -0.273. The summed E-state index contributed by atoms with van der Waals surface area (Å²) in [6.07, 6.45) is 4.63. The molecule has 0 bridgehead atoms. The monoisotopic (exact) mass is 285 g/mol. The summed E-state index contributed by atoms with van der Waals surface area (Å²) in [5, 5.41) is 19.3. The van der Waals surface area contributed by atoms with Crippen molar-refractivity contribution in [3.05, 3.63) is 41.7 Å². The van der Waals surface area contributed by atoms with E-state index in [4.69, 9.17) is 5.11 Å². The average molecular weight is 285 g/mol. The van der Waals surface area contributed by atoms with Crippen LogP contribution in [0.5, 0.6) is 0 Å². The molecule has 0 saturated heterocycles. The molecule has 0 spiro atoms. The minimum absolute atomic E-state index is 0.268. The highest BCUT2D eigenvalue weighted by Crippen LogP contribution is 2.06. The fraction of sp³-hybridized carbons (Fsp3) is 0.286. The van der Waals surface area contributed by atoms with Gasteiger partial charge in [-0.05, 0) is 13.0 Å². The number of nitrogens with one attached hydrogen (secondary N) is 1. The Kier molecular flexibility index (Phi) is 5.01. The molecule has 0 aliphatic heterocycles. The Morgan fingerprint density at radius 1 is 1.52 bits per heavy atom. The van der Waals surface area contributed by atoms with Gasteiger partial charge in [-0.25, -0.2) is 0 Å². The lowest BCUT2D eigenvalue weighted by Crippen LogP contribution is -2.25. The number of hydrogen-bond donors (Lipinski definition) is 2. The van der Waals surface area contributed by atoms with E-state index in [9.17, 15) is 4.79 Å². The SMILES string of the molecule is CCn1cnnc1CNC(=O)c1ccncc1C#CCO. The highest BCUT2D eigenvalue weighted by molar-refractivity contribution is 5.96. The third kappa shape index (κ3) is 3.64. The zero-order chi connectivity index (χ0) is 15.1. The number of amides is 1. The second-order valence-corrected chi connectivity index (χ2v) is 4.10. The zero-order valence-electron chi connectivity index (χ0n) is 11.6. The van der Waals surface area contributed by atoms with E-state index in [1.54, 1.807) is 12.4 Å². The maximum Gasteiger partial charge on any atom is 0.253 e. The van der Waals surface area contributed by atoms with E-state index >= 15 is 0 Å². The van der Waals surface area contributed by atoms with Crippen LogP contribution < -0.4 is 5.32 Å². The Morgan fingerprint density at radius 3 is 3.14 bits per heavy atom. The van der Waals surface area contributed by atoms with Crippen LogP contribution in [-0.2, 0) is 13.1 Å². The summed E-state index contributed by atoms with van der Waals surface area (Å²) in [7, 11) is 0. The summed E-state index contributed by atoms with van der Waals surface area (Å²) >= 11 is 0. The summed E-state index contributed by atoms with van der Waals surface area (Å²) in [4.78, 5) is 16.1. The molecule has 0 fully saturated rings. The van der Waals surface area contributed by atoms with Gasteiger partial charge in [-0.2, -0.15) is 0 Å². The van der Waals surface area contributed by atoms with Crippen LogP contribution >= 0.6 is 0 Å². The molecule has 0 saturated carbocycles. The standard InChI is InChI=1S/C14H15N5O2/c1-2-19-10-17-18-13(19)9-16-14(21)12-5-6-15-8-11(12)4-3-7-20/h5-6,8,10,20H,2,7,9H2,1H3,(H,16,21). The molecular weight excluding hydrogens is 270 g/mol. The highest BCUT2D eigenvalue weighted by atomic mass is 16.2. The molecule has 2 N–H and O–H groups in total. The van der Waals surface area contributed by atoms with E-state index in [-0.39, 0.29) is 19.1 Å². The number of carbonyl (C=O) groups is 1. The molecule has 0 aliphatic rings. The van der Waals surface area contributed by atoms with Crippen molar-refractivity contribution in [1.82, 2.24) is 25.1 Å². The number of carbonyl (C=O) groups excluding carboxylic acids is 1. The van der Waals surface area contributed by atoms with Gasteiger partial charge < -0.3 is 15.0 Å². The van der Waals surface area contributed by atoms with Gasteiger partial charge in [0.05, 0.1) is 17.7 Å². The van der Waals surface area contributed by atoms with Gasteiger partial charge in [0.1, 0.15) is 12.9 Å². The van der Waals surface area contributed by atoms with E-state index in [0.29, 0.717) is 17.0 Å². The van der Waals surface area contributed by atoms with E-state index in [1.165, 1.54) is 12.4 Å². The van der Waals surface area contributed by atoms with Crippen LogP contribution in [-0.4, -0.2) is 37.4 Å². The van der Waals surface area contributed by atoms with Crippen molar-refractivity contribution in [2.75, 3.05) is 6.61 Å². The van der Waals surface area contributed by atoms with Crippen LogP contribution in [0.4, 0.5) is 0 Å². The molecule has 0 radical (unpaired) electrons. The molecular formula is C14H15N5O2. The predicted molar refractivity (Wildman–Crippen MR) is 75.1 cm³/mol. The van der Waals surface area contributed by atoms with Gasteiger partial charge >= 0.3 is 0 Å². The number of rotatable bonds is 4. The Labute approximate surface area is 122 Å². The van der Waals surface area contributed by atoms with Crippen LogP contribution in [0.3, 0.4) is 0 Å². The van der Waals surface area contributed by atoms with E-state index in [0.717, 1.165) is 6.54 Å². The van der Waals surface area contributed by atoms with Gasteiger partial charge in [-0.1, -0.05) is 11.8 Å². The summed E-state index contributed by atoms with van der Waals surface area (Å²) in [5.41, 5.74) is 0.884. The van der Waals surface area contributed by atoms with Crippen molar-refractivity contribution in [1.29, 1.82) is 0 Å². The van der Waals surface area contributed by atoms with Crippen molar-refractivity contribution in [3.63, 3.8) is 0 Å². The molecule has 0 unspecified atom stereocenters. The fourth-order valence-electron chi connectivity index (χ4n) is 1.76. The molecule has 1 amide bonds. The third-order valence-corrected chi connectivity index (χ3v) is 2.81. The molecule has 7 heteroatoms. The summed E-state index contributed by atoms with van der Waals surface area (Å²) in [6, 6.07) is 1.58. The number of aryl methyl sites for hydroxylation is 1. The van der Waals surface area contributed by atoms with Gasteiger partial charge in [0.15, 0.2) is 5.82 Å².